The molecule has 1 atom stereocenters. The van der Waals surface area contributed by atoms with Crippen molar-refractivity contribution in [1.82, 2.24) is 15.5 Å². The van der Waals surface area contributed by atoms with E-state index in [2.05, 4.69) is 29.4 Å². The lowest BCUT2D eigenvalue weighted by Crippen LogP contribution is -2.55. The Morgan fingerprint density at radius 1 is 1.57 bits per heavy atom. The number of nitrogens with one attached hydrogen (secondary N) is 2. The molecule has 1 saturated heterocycles. The van der Waals surface area contributed by atoms with Crippen molar-refractivity contribution in [2.45, 2.75) is 26.3 Å². The molecule has 0 saturated carbocycles. The van der Waals surface area contributed by atoms with Crippen LogP contribution in [0.2, 0.25) is 0 Å². The smallest absolute Gasteiger partial charge is 0.238 e. The fourth-order valence-electron chi connectivity index (χ4n) is 1.25. The summed E-state index contributed by atoms with van der Waals surface area (Å²) in [6.07, 6.45) is 1.25. The van der Waals surface area contributed by atoms with Crippen molar-refractivity contribution in [3.8, 4) is 0 Å². The number of carbonyl (C=O) groups excluding carboxylic acids is 1. The Morgan fingerprint density at radius 3 is 2.57 bits per heavy atom. The van der Waals surface area contributed by atoms with Crippen molar-refractivity contribution >= 4 is 5.91 Å². The second kappa shape index (κ2) is 7.76. The lowest BCUT2D eigenvalue weighted by atomic mass is 10.2. The van der Waals surface area contributed by atoms with Gasteiger partial charge in [0.2, 0.25) is 5.91 Å². The maximum atomic E-state index is 11.1. The molecule has 84 valence electrons. The van der Waals surface area contributed by atoms with E-state index >= 15 is 0 Å². The van der Waals surface area contributed by atoms with Gasteiger partial charge in [-0.3, -0.25) is 4.79 Å². The third kappa shape index (κ3) is 5.19. The van der Waals surface area contributed by atoms with Gasteiger partial charge in [-0.05, 0) is 7.05 Å². The van der Waals surface area contributed by atoms with Gasteiger partial charge in [-0.1, -0.05) is 20.3 Å². The van der Waals surface area contributed by atoms with E-state index < -0.39 is 0 Å². The fraction of sp³-hybridized carbons (Fsp3) is 0.900. The number of rotatable bonds is 1. The largest absolute Gasteiger partial charge is 0.358 e. The van der Waals surface area contributed by atoms with Crippen LogP contribution in [0.25, 0.3) is 0 Å². The Kier molecular flexibility index (Phi) is 7.42. The van der Waals surface area contributed by atoms with Crippen molar-refractivity contribution in [2.24, 2.45) is 0 Å². The van der Waals surface area contributed by atoms with E-state index in [-0.39, 0.29) is 11.9 Å². The van der Waals surface area contributed by atoms with Gasteiger partial charge in [0.05, 0.1) is 6.04 Å². The topological polar surface area (TPSA) is 44.4 Å². The van der Waals surface area contributed by atoms with Crippen molar-refractivity contribution in [1.29, 1.82) is 0 Å². The quantitative estimate of drug-likeness (QED) is 0.630. The van der Waals surface area contributed by atoms with Gasteiger partial charge in [0, 0.05) is 26.7 Å². The van der Waals surface area contributed by atoms with E-state index in [1.165, 1.54) is 6.42 Å². The van der Waals surface area contributed by atoms with Crippen LogP contribution in [-0.2, 0) is 4.79 Å². The van der Waals surface area contributed by atoms with E-state index in [1.54, 1.807) is 7.05 Å². The minimum atomic E-state index is -0.0289. The third-order valence-corrected chi connectivity index (χ3v) is 1.94. The van der Waals surface area contributed by atoms with Crippen LogP contribution in [-0.4, -0.2) is 50.6 Å². The van der Waals surface area contributed by atoms with Crippen LogP contribution < -0.4 is 10.6 Å². The highest BCUT2D eigenvalue weighted by molar-refractivity contribution is 5.81. The lowest BCUT2D eigenvalue weighted by Gasteiger charge is -2.29. The minimum absolute atomic E-state index is 0.0289. The molecule has 14 heavy (non-hydrogen) atoms. The normalized spacial score (nSPS) is 22.1. The van der Waals surface area contributed by atoms with E-state index in [0.717, 1.165) is 19.6 Å². The van der Waals surface area contributed by atoms with Gasteiger partial charge < -0.3 is 15.5 Å². The molecule has 2 N–H and O–H groups in total. The maximum absolute atomic E-state index is 11.1. The highest BCUT2D eigenvalue weighted by atomic mass is 16.2. The van der Waals surface area contributed by atoms with Crippen molar-refractivity contribution in [3.05, 3.63) is 0 Å². The van der Waals surface area contributed by atoms with E-state index in [0.29, 0.717) is 0 Å². The predicted octanol–water partition coefficient (Wildman–Crippen LogP) is 0.0523. The molecule has 0 aromatic heterocycles. The van der Waals surface area contributed by atoms with Gasteiger partial charge in [0.1, 0.15) is 0 Å². The van der Waals surface area contributed by atoms with Gasteiger partial charge >= 0.3 is 0 Å². The first-order valence-corrected chi connectivity index (χ1v) is 5.29. The number of nitrogens with zero attached hydrogens (tertiary/aromatic N) is 1. The molecule has 1 heterocycles. The van der Waals surface area contributed by atoms with Crippen LogP contribution in [0.15, 0.2) is 0 Å². The second-order valence-corrected chi connectivity index (χ2v) is 3.59. The Morgan fingerprint density at radius 2 is 2.14 bits per heavy atom. The molecule has 0 spiro atoms. The average Bonchev–Trinajstić information content (AvgIpc) is 2.18. The van der Waals surface area contributed by atoms with Crippen LogP contribution >= 0.6 is 0 Å². The summed E-state index contributed by atoms with van der Waals surface area (Å²) in [7, 11) is 3.69. The molecule has 0 aliphatic carbocycles. The first kappa shape index (κ1) is 13.4. The van der Waals surface area contributed by atoms with Crippen LogP contribution in [0.3, 0.4) is 0 Å². The van der Waals surface area contributed by atoms with E-state index in [1.807, 2.05) is 7.05 Å². The molecular formula is C10H23N3O. The molecule has 1 aliphatic heterocycles. The summed E-state index contributed by atoms with van der Waals surface area (Å²) in [6, 6.07) is -0.0289. The number of likely N-dealkylation sites (N-methyl/N-ethyl adjacent to an activating group) is 2. The highest BCUT2D eigenvalue weighted by Gasteiger charge is 2.21. The predicted molar refractivity (Wildman–Crippen MR) is 59.3 cm³/mol. The number of carbonyl (C=O) groups is 1. The SMILES string of the molecule is CCC.CNC(=O)C1CN(C)CCN1. The average molecular weight is 201 g/mol. The molecule has 1 unspecified atom stereocenters. The summed E-state index contributed by atoms with van der Waals surface area (Å²) in [4.78, 5) is 13.3. The monoisotopic (exact) mass is 201 g/mol. The summed E-state index contributed by atoms with van der Waals surface area (Å²) >= 11 is 0. The molecule has 0 bridgehead atoms. The molecule has 1 aliphatic rings. The molecule has 0 radical (unpaired) electrons. The molecule has 4 heteroatoms. The first-order valence-electron chi connectivity index (χ1n) is 5.29. The van der Waals surface area contributed by atoms with E-state index in [4.69, 9.17) is 0 Å². The van der Waals surface area contributed by atoms with Crippen molar-refractivity contribution in [2.75, 3.05) is 33.7 Å². The van der Waals surface area contributed by atoms with Crippen molar-refractivity contribution < 1.29 is 4.79 Å². The van der Waals surface area contributed by atoms with Gasteiger partial charge in [-0.2, -0.15) is 0 Å². The number of amides is 1. The Labute approximate surface area is 87.0 Å². The highest BCUT2D eigenvalue weighted by Crippen LogP contribution is 1.94. The fourth-order valence-corrected chi connectivity index (χ4v) is 1.25. The third-order valence-electron chi connectivity index (χ3n) is 1.94. The van der Waals surface area contributed by atoms with Gasteiger partial charge in [-0.25, -0.2) is 0 Å². The van der Waals surface area contributed by atoms with Crippen LogP contribution in [0, 0.1) is 0 Å². The van der Waals surface area contributed by atoms with E-state index in [9.17, 15) is 4.79 Å². The molecule has 1 fully saturated rings. The molecule has 1 amide bonds. The second-order valence-electron chi connectivity index (χ2n) is 3.59. The summed E-state index contributed by atoms with van der Waals surface area (Å²) in [5, 5.41) is 5.77. The Hall–Kier alpha value is -0.610. The number of piperazine rings is 1. The zero-order valence-electron chi connectivity index (χ0n) is 9.76. The molecule has 0 aromatic rings. The maximum Gasteiger partial charge on any atom is 0.238 e. The zero-order chi connectivity index (χ0) is 11.0. The lowest BCUT2D eigenvalue weighted by molar-refractivity contribution is -0.123. The standard InChI is InChI=1S/C7H15N3O.C3H8/c1-8-7(11)6-5-10(2)4-3-9-6;1-3-2/h6,9H,3-5H2,1-2H3,(H,8,11);3H2,1-2H3. The molecule has 0 aromatic carbocycles. The summed E-state index contributed by atoms with van der Waals surface area (Å²) in [5.74, 6) is 0.0801. The van der Waals surface area contributed by atoms with Crippen LogP contribution in [0.4, 0.5) is 0 Å². The summed E-state index contributed by atoms with van der Waals surface area (Å²) < 4.78 is 0. The minimum Gasteiger partial charge on any atom is -0.358 e. The summed E-state index contributed by atoms with van der Waals surface area (Å²) in [5.41, 5.74) is 0. The zero-order valence-corrected chi connectivity index (χ0v) is 9.76. The first-order chi connectivity index (χ1) is 6.65. The molecular weight excluding hydrogens is 178 g/mol. The van der Waals surface area contributed by atoms with Gasteiger partial charge in [-0.15, -0.1) is 0 Å². The van der Waals surface area contributed by atoms with Crippen molar-refractivity contribution in [3.63, 3.8) is 0 Å². The molecule has 1 rings (SSSR count). The van der Waals surface area contributed by atoms with Gasteiger partial charge in [0.15, 0.2) is 0 Å². The van der Waals surface area contributed by atoms with Gasteiger partial charge in [0.25, 0.3) is 0 Å². The molecule has 4 nitrogen and oxygen atoms in total. The Bertz CT molecular complexity index is 161. The Balaban J connectivity index is 0.000000500. The van der Waals surface area contributed by atoms with Crippen LogP contribution in [0.5, 0.6) is 0 Å². The number of hydrogen-bond acceptors (Lipinski definition) is 3. The summed E-state index contributed by atoms with van der Waals surface area (Å²) in [6.45, 7) is 6.97. The number of hydrogen-bond donors (Lipinski definition) is 2. The van der Waals surface area contributed by atoms with Crippen LogP contribution in [0.1, 0.15) is 20.3 Å².